The summed E-state index contributed by atoms with van der Waals surface area (Å²) < 4.78 is 2.42. The molecule has 0 radical (unpaired) electrons. The molecule has 19 heavy (non-hydrogen) atoms. The van der Waals surface area contributed by atoms with Crippen molar-refractivity contribution in [3.8, 4) is 0 Å². The van der Waals surface area contributed by atoms with Gasteiger partial charge in [0.1, 0.15) is 0 Å². The zero-order chi connectivity index (χ0) is 13.1. The van der Waals surface area contributed by atoms with Gasteiger partial charge in [0.2, 0.25) is 0 Å². The average Bonchev–Trinajstić information content (AvgIpc) is 3.07. The van der Waals surface area contributed by atoms with Gasteiger partial charge >= 0.3 is 0 Å². The van der Waals surface area contributed by atoms with E-state index in [2.05, 4.69) is 28.8 Å². The van der Waals surface area contributed by atoms with Crippen LogP contribution in [0.3, 0.4) is 0 Å². The molecule has 1 saturated carbocycles. The average molecular weight is 275 g/mol. The first-order chi connectivity index (χ1) is 9.33. The van der Waals surface area contributed by atoms with Gasteiger partial charge in [0.25, 0.3) is 0 Å². The summed E-state index contributed by atoms with van der Waals surface area (Å²) in [5.41, 5.74) is 2.49. The van der Waals surface area contributed by atoms with Gasteiger partial charge in [0.15, 0.2) is 0 Å². The van der Waals surface area contributed by atoms with Gasteiger partial charge in [-0.3, -0.25) is 0 Å². The van der Waals surface area contributed by atoms with Crippen LogP contribution in [0.25, 0.3) is 5.52 Å². The van der Waals surface area contributed by atoms with Crippen LogP contribution in [0.2, 0.25) is 0 Å². The van der Waals surface area contributed by atoms with Crippen LogP contribution in [0, 0.1) is 0 Å². The minimum Gasteiger partial charge on any atom is -0.311 e. The highest BCUT2D eigenvalue weighted by Gasteiger charge is 2.32. The summed E-state index contributed by atoms with van der Waals surface area (Å²) in [7, 11) is 0. The molecule has 3 rings (SSSR count). The van der Waals surface area contributed by atoms with Crippen molar-refractivity contribution in [3.05, 3.63) is 36.2 Å². The van der Waals surface area contributed by atoms with Gasteiger partial charge in [-0.2, -0.15) is 16.9 Å². The van der Waals surface area contributed by atoms with E-state index in [1.165, 1.54) is 36.8 Å². The predicted octanol–water partition coefficient (Wildman–Crippen LogP) is 3.10. The number of rotatable bonds is 5. The van der Waals surface area contributed by atoms with Crippen molar-refractivity contribution in [1.29, 1.82) is 0 Å². The molecule has 1 N–H and O–H groups in total. The highest BCUT2D eigenvalue weighted by Crippen LogP contribution is 2.39. The molecule has 0 aromatic carbocycles. The fraction of sp³-hybridized carbons (Fsp3) is 0.533. The van der Waals surface area contributed by atoms with Crippen LogP contribution >= 0.6 is 11.8 Å². The summed E-state index contributed by atoms with van der Waals surface area (Å²) in [6, 6.07) is 6.21. The van der Waals surface area contributed by atoms with Crippen molar-refractivity contribution in [2.45, 2.75) is 37.0 Å². The minimum atomic E-state index is 0.475. The number of thioether (sulfide) groups is 1. The Balaban J connectivity index is 1.63. The first-order valence-corrected chi connectivity index (χ1v) is 8.23. The maximum Gasteiger partial charge on any atom is 0.0706 e. The summed E-state index contributed by atoms with van der Waals surface area (Å²) >= 11 is 2.04. The maximum atomic E-state index is 4.38. The zero-order valence-corrected chi connectivity index (χ0v) is 12.2. The highest BCUT2D eigenvalue weighted by atomic mass is 32.2. The molecule has 0 atom stereocenters. The van der Waals surface area contributed by atoms with E-state index in [0.717, 1.165) is 13.1 Å². The molecular weight excluding hydrogens is 254 g/mol. The van der Waals surface area contributed by atoms with E-state index < -0.39 is 0 Å². The van der Waals surface area contributed by atoms with Gasteiger partial charge in [-0.1, -0.05) is 18.9 Å². The fourth-order valence-electron chi connectivity index (χ4n) is 3.02. The van der Waals surface area contributed by atoms with Gasteiger partial charge in [-0.15, -0.1) is 0 Å². The Morgan fingerprint density at radius 3 is 3.00 bits per heavy atom. The van der Waals surface area contributed by atoms with Crippen LogP contribution in [-0.2, 0) is 6.54 Å². The van der Waals surface area contributed by atoms with Crippen molar-refractivity contribution in [2.24, 2.45) is 0 Å². The lowest BCUT2D eigenvalue weighted by Gasteiger charge is -2.27. The topological polar surface area (TPSA) is 29.3 Å². The van der Waals surface area contributed by atoms with Crippen molar-refractivity contribution < 1.29 is 0 Å². The third-order valence-electron chi connectivity index (χ3n) is 4.22. The molecule has 2 heterocycles. The number of aromatic nitrogens is 2. The van der Waals surface area contributed by atoms with E-state index in [4.69, 9.17) is 0 Å². The fourth-order valence-corrected chi connectivity index (χ4v) is 3.96. The highest BCUT2D eigenvalue weighted by molar-refractivity contribution is 8.00. The Labute approximate surface area is 118 Å². The Kier molecular flexibility index (Phi) is 3.80. The van der Waals surface area contributed by atoms with E-state index in [0.29, 0.717) is 4.75 Å². The molecule has 3 nitrogen and oxygen atoms in total. The lowest BCUT2D eigenvalue weighted by atomic mass is 10.1. The number of hydrogen-bond acceptors (Lipinski definition) is 3. The van der Waals surface area contributed by atoms with Crippen LogP contribution in [0.4, 0.5) is 0 Å². The Morgan fingerprint density at radius 2 is 2.21 bits per heavy atom. The number of pyridine rings is 1. The molecule has 0 spiro atoms. The van der Waals surface area contributed by atoms with Crippen molar-refractivity contribution in [2.75, 3.05) is 12.8 Å². The molecule has 4 heteroatoms. The smallest absolute Gasteiger partial charge is 0.0706 e. The summed E-state index contributed by atoms with van der Waals surface area (Å²) in [6.07, 6.45) is 11.7. The molecule has 1 aliphatic carbocycles. The molecule has 0 saturated heterocycles. The monoisotopic (exact) mass is 275 g/mol. The van der Waals surface area contributed by atoms with Crippen LogP contribution < -0.4 is 5.32 Å². The van der Waals surface area contributed by atoms with Crippen LogP contribution in [-0.4, -0.2) is 27.2 Å². The summed E-state index contributed by atoms with van der Waals surface area (Å²) in [5, 5.41) is 8.02. The second-order valence-electron chi connectivity index (χ2n) is 5.40. The molecular formula is C15H21N3S. The third-order valence-corrected chi connectivity index (χ3v) is 5.64. The summed E-state index contributed by atoms with van der Waals surface area (Å²) in [5.74, 6) is 0. The van der Waals surface area contributed by atoms with Crippen LogP contribution in [0.5, 0.6) is 0 Å². The number of hydrogen-bond donors (Lipinski definition) is 1. The largest absolute Gasteiger partial charge is 0.311 e. The van der Waals surface area contributed by atoms with Crippen LogP contribution in [0.1, 0.15) is 31.2 Å². The van der Waals surface area contributed by atoms with Gasteiger partial charge < -0.3 is 5.32 Å². The standard InChI is InChI=1S/C15H21N3S/c1-19-15(7-3-4-8-15)12-16-10-13-11-17-18-9-5-2-6-14(13)18/h2,5-6,9,11,16H,3-4,7-8,10,12H2,1H3. The van der Waals surface area contributed by atoms with E-state index in [9.17, 15) is 0 Å². The molecule has 0 aliphatic heterocycles. The van der Waals surface area contributed by atoms with Gasteiger partial charge in [0, 0.05) is 29.6 Å². The molecule has 0 amide bonds. The molecule has 2 aromatic rings. The first-order valence-electron chi connectivity index (χ1n) is 7.00. The second-order valence-corrected chi connectivity index (χ2v) is 6.67. The lowest BCUT2D eigenvalue weighted by molar-refractivity contribution is 0.534. The van der Waals surface area contributed by atoms with Crippen LogP contribution in [0.15, 0.2) is 30.6 Å². The quantitative estimate of drug-likeness (QED) is 0.909. The van der Waals surface area contributed by atoms with Gasteiger partial charge in [-0.05, 0) is 31.2 Å². The lowest BCUT2D eigenvalue weighted by Crippen LogP contribution is -2.34. The second kappa shape index (κ2) is 5.55. The minimum absolute atomic E-state index is 0.475. The molecule has 0 bridgehead atoms. The molecule has 1 aliphatic rings. The number of nitrogens with one attached hydrogen (secondary N) is 1. The Morgan fingerprint density at radius 1 is 1.37 bits per heavy atom. The number of nitrogens with zero attached hydrogens (tertiary/aromatic N) is 2. The van der Waals surface area contributed by atoms with E-state index in [1.807, 2.05) is 34.7 Å². The molecule has 1 fully saturated rings. The SMILES string of the molecule is CSC1(CNCc2cnn3ccccc23)CCCC1. The Bertz CT molecular complexity index is 543. The van der Waals surface area contributed by atoms with E-state index >= 15 is 0 Å². The van der Waals surface area contributed by atoms with Crippen molar-refractivity contribution >= 4 is 17.3 Å². The van der Waals surface area contributed by atoms with E-state index in [1.54, 1.807) is 0 Å². The Hall–Kier alpha value is -1.00. The van der Waals surface area contributed by atoms with Gasteiger partial charge in [0.05, 0.1) is 11.7 Å². The van der Waals surface area contributed by atoms with E-state index in [-0.39, 0.29) is 0 Å². The normalized spacial score (nSPS) is 18.2. The first kappa shape index (κ1) is 13.0. The van der Waals surface area contributed by atoms with Crippen molar-refractivity contribution in [1.82, 2.24) is 14.9 Å². The summed E-state index contributed by atoms with van der Waals surface area (Å²) in [4.78, 5) is 0. The number of fused-ring (bicyclic) bond motifs is 1. The maximum absolute atomic E-state index is 4.38. The molecule has 0 unspecified atom stereocenters. The van der Waals surface area contributed by atoms with Gasteiger partial charge in [-0.25, -0.2) is 4.52 Å². The zero-order valence-electron chi connectivity index (χ0n) is 11.4. The van der Waals surface area contributed by atoms with Crippen molar-refractivity contribution in [3.63, 3.8) is 0 Å². The molecule has 2 aromatic heterocycles. The molecule has 102 valence electrons. The third kappa shape index (κ3) is 2.65. The summed E-state index contributed by atoms with van der Waals surface area (Å²) in [6.45, 7) is 2.02. The predicted molar refractivity (Wildman–Crippen MR) is 81.6 cm³/mol.